The van der Waals surface area contributed by atoms with Crippen LogP contribution in [0.3, 0.4) is 0 Å². The van der Waals surface area contributed by atoms with Crippen molar-refractivity contribution in [2.75, 3.05) is 20.3 Å². The summed E-state index contributed by atoms with van der Waals surface area (Å²) in [5, 5.41) is 12.4. The molecule has 5 heteroatoms. The van der Waals surface area contributed by atoms with Crippen molar-refractivity contribution in [1.82, 2.24) is 5.32 Å². The van der Waals surface area contributed by atoms with Crippen molar-refractivity contribution in [3.05, 3.63) is 22.7 Å². The van der Waals surface area contributed by atoms with Crippen LogP contribution in [0.15, 0.2) is 12.1 Å². The molecule has 0 aliphatic heterocycles. The molecule has 1 rings (SSSR count). The fourth-order valence-electron chi connectivity index (χ4n) is 1.91. The van der Waals surface area contributed by atoms with Gasteiger partial charge in [0.15, 0.2) is 11.5 Å². The standard InChI is InChI=1S/C16H23ClN2O2/c1-3-8-19-12-13-10-14(17)16(15(11-13)20-2)21-9-6-4-5-7-18/h10-11,19H,3-6,8-9,12H2,1-2H3. The van der Waals surface area contributed by atoms with E-state index in [9.17, 15) is 0 Å². The van der Waals surface area contributed by atoms with E-state index in [2.05, 4.69) is 18.3 Å². The first-order chi connectivity index (χ1) is 10.2. The van der Waals surface area contributed by atoms with Gasteiger partial charge in [-0.2, -0.15) is 5.26 Å². The molecule has 116 valence electrons. The van der Waals surface area contributed by atoms with Crippen molar-refractivity contribution < 1.29 is 9.47 Å². The third-order valence-electron chi connectivity index (χ3n) is 2.97. The summed E-state index contributed by atoms with van der Waals surface area (Å²) in [5.41, 5.74) is 1.07. The predicted octanol–water partition coefficient (Wildman–Crippen LogP) is 3.92. The monoisotopic (exact) mass is 310 g/mol. The zero-order chi connectivity index (χ0) is 15.5. The average Bonchev–Trinajstić information content (AvgIpc) is 2.48. The molecule has 0 aliphatic rings. The van der Waals surface area contributed by atoms with E-state index < -0.39 is 0 Å². The first-order valence-electron chi connectivity index (χ1n) is 7.29. The van der Waals surface area contributed by atoms with Gasteiger partial charge in [-0.1, -0.05) is 18.5 Å². The summed E-state index contributed by atoms with van der Waals surface area (Å²) < 4.78 is 11.1. The number of benzene rings is 1. The molecule has 4 nitrogen and oxygen atoms in total. The normalized spacial score (nSPS) is 10.2. The fourth-order valence-corrected chi connectivity index (χ4v) is 2.19. The Morgan fingerprint density at radius 2 is 2.14 bits per heavy atom. The van der Waals surface area contributed by atoms with E-state index in [4.69, 9.17) is 26.3 Å². The summed E-state index contributed by atoms with van der Waals surface area (Å²) in [6, 6.07) is 5.96. The van der Waals surface area contributed by atoms with Gasteiger partial charge in [-0.3, -0.25) is 0 Å². The number of halogens is 1. The molecular weight excluding hydrogens is 288 g/mol. The van der Waals surface area contributed by atoms with Crippen LogP contribution >= 0.6 is 11.6 Å². The van der Waals surface area contributed by atoms with E-state index in [0.717, 1.165) is 37.9 Å². The Bertz CT molecular complexity index is 472. The average molecular weight is 311 g/mol. The number of nitriles is 1. The fraction of sp³-hybridized carbons (Fsp3) is 0.562. The lowest BCUT2D eigenvalue weighted by atomic mass is 10.2. The zero-order valence-electron chi connectivity index (χ0n) is 12.7. The van der Waals surface area contributed by atoms with E-state index in [-0.39, 0.29) is 0 Å². The van der Waals surface area contributed by atoms with Crippen LogP contribution in [0.25, 0.3) is 0 Å². The molecule has 0 saturated heterocycles. The van der Waals surface area contributed by atoms with E-state index in [0.29, 0.717) is 29.5 Å². The van der Waals surface area contributed by atoms with Gasteiger partial charge in [0, 0.05) is 13.0 Å². The maximum atomic E-state index is 8.49. The van der Waals surface area contributed by atoms with Crippen molar-refractivity contribution in [3.8, 4) is 17.6 Å². The molecule has 0 fully saturated rings. The van der Waals surface area contributed by atoms with Crippen LogP contribution in [-0.4, -0.2) is 20.3 Å². The maximum Gasteiger partial charge on any atom is 0.179 e. The molecule has 0 bridgehead atoms. The number of unbranched alkanes of at least 4 members (excludes halogenated alkanes) is 2. The highest BCUT2D eigenvalue weighted by Crippen LogP contribution is 2.36. The molecule has 0 aliphatic carbocycles. The summed E-state index contributed by atoms with van der Waals surface area (Å²) in [6.07, 6.45) is 3.30. The predicted molar refractivity (Wildman–Crippen MR) is 85.0 cm³/mol. The van der Waals surface area contributed by atoms with Crippen LogP contribution in [0.1, 0.15) is 38.2 Å². The second-order valence-electron chi connectivity index (χ2n) is 4.75. The van der Waals surface area contributed by atoms with Crippen molar-refractivity contribution in [2.45, 2.75) is 39.2 Å². The summed E-state index contributed by atoms with van der Waals surface area (Å²) >= 11 is 6.28. The molecule has 0 radical (unpaired) electrons. The van der Waals surface area contributed by atoms with Crippen molar-refractivity contribution in [1.29, 1.82) is 5.26 Å². The van der Waals surface area contributed by atoms with Crippen LogP contribution in [-0.2, 0) is 6.54 Å². The molecule has 0 aromatic heterocycles. The highest BCUT2D eigenvalue weighted by atomic mass is 35.5. The second kappa shape index (κ2) is 10.3. The number of nitrogens with one attached hydrogen (secondary N) is 1. The minimum Gasteiger partial charge on any atom is -0.493 e. The highest BCUT2D eigenvalue weighted by Gasteiger charge is 2.11. The van der Waals surface area contributed by atoms with Gasteiger partial charge in [0.05, 0.1) is 24.8 Å². The Hall–Kier alpha value is -1.44. The topological polar surface area (TPSA) is 54.3 Å². The summed E-state index contributed by atoms with van der Waals surface area (Å²) in [5.74, 6) is 1.23. The van der Waals surface area contributed by atoms with E-state index in [1.807, 2.05) is 12.1 Å². The van der Waals surface area contributed by atoms with Gasteiger partial charge in [-0.05, 0) is 43.5 Å². The van der Waals surface area contributed by atoms with E-state index >= 15 is 0 Å². The van der Waals surface area contributed by atoms with Gasteiger partial charge in [0.25, 0.3) is 0 Å². The van der Waals surface area contributed by atoms with Crippen molar-refractivity contribution in [3.63, 3.8) is 0 Å². The van der Waals surface area contributed by atoms with Crippen molar-refractivity contribution in [2.24, 2.45) is 0 Å². The number of hydrogen-bond acceptors (Lipinski definition) is 4. The first kappa shape index (κ1) is 17.6. The van der Waals surface area contributed by atoms with Gasteiger partial charge in [-0.15, -0.1) is 0 Å². The minimum atomic E-state index is 0.533. The maximum absolute atomic E-state index is 8.49. The third kappa shape index (κ3) is 6.24. The molecule has 0 amide bonds. The Morgan fingerprint density at radius 1 is 1.33 bits per heavy atom. The van der Waals surface area contributed by atoms with Crippen LogP contribution in [0.2, 0.25) is 5.02 Å². The third-order valence-corrected chi connectivity index (χ3v) is 3.26. The van der Waals surface area contributed by atoms with Gasteiger partial charge >= 0.3 is 0 Å². The molecule has 0 atom stereocenters. The molecular formula is C16H23ClN2O2. The molecule has 1 N–H and O–H groups in total. The number of hydrogen-bond donors (Lipinski definition) is 1. The Kier molecular flexibility index (Phi) is 8.65. The Labute approximate surface area is 132 Å². The zero-order valence-corrected chi connectivity index (χ0v) is 13.5. The number of ether oxygens (including phenoxy) is 2. The van der Waals surface area contributed by atoms with Crippen LogP contribution in [0, 0.1) is 11.3 Å². The largest absolute Gasteiger partial charge is 0.493 e. The second-order valence-corrected chi connectivity index (χ2v) is 5.16. The van der Waals surface area contributed by atoms with Crippen LogP contribution < -0.4 is 14.8 Å². The highest BCUT2D eigenvalue weighted by molar-refractivity contribution is 6.32. The Balaban J connectivity index is 2.64. The number of methoxy groups -OCH3 is 1. The summed E-state index contributed by atoms with van der Waals surface area (Å²) in [6.45, 7) is 4.39. The smallest absolute Gasteiger partial charge is 0.179 e. The summed E-state index contributed by atoms with van der Waals surface area (Å²) in [4.78, 5) is 0. The van der Waals surface area contributed by atoms with Gasteiger partial charge in [0.1, 0.15) is 0 Å². The molecule has 0 heterocycles. The molecule has 0 saturated carbocycles. The van der Waals surface area contributed by atoms with Crippen LogP contribution in [0.5, 0.6) is 11.5 Å². The lowest BCUT2D eigenvalue weighted by Gasteiger charge is -2.14. The number of rotatable bonds is 10. The van der Waals surface area contributed by atoms with Crippen molar-refractivity contribution >= 4 is 11.6 Å². The Morgan fingerprint density at radius 3 is 2.81 bits per heavy atom. The molecule has 1 aromatic carbocycles. The molecule has 21 heavy (non-hydrogen) atoms. The minimum absolute atomic E-state index is 0.533. The van der Waals surface area contributed by atoms with E-state index in [1.54, 1.807) is 7.11 Å². The van der Waals surface area contributed by atoms with Gasteiger partial charge < -0.3 is 14.8 Å². The van der Waals surface area contributed by atoms with E-state index in [1.165, 1.54) is 0 Å². The van der Waals surface area contributed by atoms with Crippen LogP contribution in [0.4, 0.5) is 0 Å². The quantitative estimate of drug-likeness (QED) is 0.665. The lowest BCUT2D eigenvalue weighted by molar-refractivity contribution is 0.287. The molecule has 0 spiro atoms. The number of nitrogens with zero attached hydrogens (tertiary/aromatic N) is 1. The van der Waals surface area contributed by atoms with Gasteiger partial charge in [-0.25, -0.2) is 0 Å². The lowest BCUT2D eigenvalue weighted by Crippen LogP contribution is -2.14. The SMILES string of the molecule is CCCNCc1cc(Cl)c(OCCCCC#N)c(OC)c1. The molecule has 1 aromatic rings. The first-order valence-corrected chi connectivity index (χ1v) is 7.67. The van der Waals surface area contributed by atoms with Gasteiger partial charge in [0.2, 0.25) is 0 Å². The molecule has 0 unspecified atom stereocenters. The summed E-state index contributed by atoms with van der Waals surface area (Å²) in [7, 11) is 1.61.